The maximum atomic E-state index is 4.33. The van der Waals surface area contributed by atoms with Gasteiger partial charge in [0.25, 0.3) is 0 Å². The maximum absolute atomic E-state index is 4.33. The highest BCUT2D eigenvalue weighted by Gasteiger charge is 2.23. The molecule has 13 heavy (non-hydrogen) atoms. The number of aromatic nitrogens is 2. The fraction of sp³-hybridized carbons (Fsp3) is 0.636. The van der Waals surface area contributed by atoms with Gasteiger partial charge in [0.1, 0.15) is 6.33 Å². The van der Waals surface area contributed by atoms with Crippen molar-refractivity contribution in [2.24, 2.45) is 5.41 Å². The summed E-state index contributed by atoms with van der Waals surface area (Å²) < 4.78 is 0. The van der Waals surface area contributed by atoms with Crippen LogP contribution in [0.4, 0.5) is 0 Å². The molecular weight excluding hydrogens is 160 g/mol. The van der Waals surface area contributed by atoms with E-state index in [1.54, 1.807) is 6.33 Å². The van der Waals surface area contributed by atoms with Crippen molar-refractivity contribution in [1.29, 1.82) is 0 Å². The van der Waals surface area contributed by atoms with Crippen LogP contribution in [0.1, 0.15) is 44.9 Å². The van der Waals surface area contributed by atoms with E-state index in [1.165, 1.54) is 11.3 Å². The van der Waals surface area contributed by atoms with E-state index in [0.717, 1.165) is 0 Å². The van der Waals surface area contributed by atoms with Gasteiger partial charge in [-0.1, -0.05) is 27.7 Å². The first kappa shape index (κ1) is 10.2. The second-order valence-corrected chi connectivity index (χ2v) is 4.68. The lowest BCUT2D eigenvalue weighted by molar-refractivity contribution is 0.332. The van der Waals surface area contributed by atoms with Gasteiger partial charge in [0.05, 0.1) is 0 Å². The van der Waals surface area contributed by atoms with Crippen molar-refractivity contribution < 1.29 is 0 Å². The molecule has 0 saturated carbocycles. The van der Waals surface area contributed by atoms with Gasteiger partial charge in [-0.25, -0.2) is 9.97 Å². The first-order chi connectivity index (χ1) is 5.93. The molecule has 0 fully saturated rings. The van der Waals surface area contributed by atoms with Crippen LogP contribution in [0.5, 0.6) is 0 Å². The third-order valence-electron chi connectivity index (χ3n) is 2.64. The van der Waals surface area contributed by atoms with Crippen LogP contribution < -0.4 is 0 Å². The topological polar surface area (TPSA) is 25.8 Å². The Morgan fingerprint density at radius 3 is 2.38 bits per heavy atom. The molecule has 0 radical (unpaired) electrons. The lowest BCUT2D eigenvalue weighted by atomic mass is 9.79. The van der Waals surface area contributed by atoms with E-state index in [9.17, 15) is 0 Å². The Morgan fingerprint density at radius 1 is 1.31 bits per heavy atom. The van der Waals surface area contributed by atoms with Gasteiger partial charge in [0.2, 0.25) is 0 Å². The Kier molecular flexibility index (Phi) is 2.69. The molecule has 1 rings (SSSR count). The van der Waals surface area contributed by atoms with Crippen LogP contribution in [-0.4, -0.2) is 9.97 Å². The largest absolute Gasteiger partial charge is 0.245 e. The minimum Gasteiger partial charge on any atom is -0.245 e. The minimum atomic E-state index is 0.263. The van der Waals surface area contributed by atoms with Gasteiger partial charge in [0, 0.05) is 17.8 Å². The van der Waals surface area contributed by atoms with E-state index in [4.69, 9.17) is 0 Å². The lowest BCUT2D eigenvalue weighted by Crippen LogP contribution is -2.17. The first-order valence-corrected chi connectivity index (χ1v) is 4.69. The molecule has 0 saturated heterocycles. The van der Waals surface area contributed by atoms with Crippen molar-refractivity contribution in [1.82, 2.24) is 9.97 Å². The Labute approximate surface area is 80.4 Å². The lowest BCUT2D eigenvalue weighted by Gasteiger charge is -2.27. The minimum absolute atomic E-state index is 0.263. The van der Waals surface area contributed by atoms with Crippen LogP contribution >= 0.6 is 0 Å². The van der Waals surface area contributed by atoms with Crippen LogP contribution in [0.25, 0.3) is 0 Å². The maximum Gasteiger partial charge on any atom is 0.115 e. The van der Waals surface area contributed by atoms with Gasteiger partial charge >= 0.3 is 0 Å². The zero-order chi connectivity index (χ0) is 10.1. The summed E-state index contributed by atoms with van der Waals surface area (Å²) in [5.41, 5.74) is 2.62. The van der Waals surface area contributed by atoms with Crippen LogP contribution in [0.2, 0.25) is 0 Å². The number of aryl methyl sites for hydroxylation is 1. The molecule has 1 aromatic rings. The molecule has 0 aliphatic heterocycles. The highest BCUT2D eigenvalue weighted by atomic mass is 14.8. The van der Waals surface area contributed by atoms with Gasteiger partial charge in [-0.15, -0.1) is 0 Å². The third kappa shape index (κ3) is 2.27. The van der Waals surface area contributed by atoms with E-state index >= 15 is 0 Å². The average molecular weight is 178 g/mol. The van der Waals surface area contributed by atoms with Crippen LogP contribution in [0.3, 0.4) is 0 Å². The van der Waals surface area contributed by atoms with E-state index in [1.807, 2.05) is 6.20 Å². The summed E-state index contributed by atoms with van der Waals surface area (Å²) in [6, 6.07) is 0. The molecule has 0 spiro atoms. The molecule has 1 unspecified atom stereocenters. The molecule has 2 nitrogen and oxygen atoms in total. The van der Waals surface area contributed by atoms with Crippen LogP contribution in [0, 0.1) is 12.3 Å². The number of nitrogens with zero attached hydrogens (tertiary/aromatic N) is 2. The summed E-state index contributed by atoms with van der Waals surface area (Å²) in [4.78, 5) is 8.33. The Morgan fingerprint density at radius 2 is 1.92 bits per heavy atom. The normalized spacial score (nSPS) is 14.2. The SMILES string of the molecule is Cc1cncnc1C(C)C(C)(C)C. The van der Waals surface area contributed by atoms with E-state index in [2.05, 4.69) is 44.6 Å². The van der Waals surface area contributed by atoms with Crippen LogP contribution in [-0.2, 0) is 0 Å². The zero-order valence-corrected chi connectivity index (χ0v) is 9.13. The third-order valence-corrected chi connectivity index (χ3v) is 2.64. The Balaban J connectivity index is 3.02. The quantitative estimate of drug-likeness (QED) is 0.660. The molecule has 0 bridgehead atoms. The molecule has 0 amide bonds. The summed E-state index contributed by atoms with van der Waals surface area (Å²) in [6.45, 7) is 11.0. The molecule has 1 aromatic heterocycles. The van der Waals surface area contributed by atoms with Crippen molar-refractivity contribution in [3.05, 3.63) is 23.8 Å². The van der Waals surface area contributed by atoms with Crippen molar-refractivity contribution in [2.75, 3.05) is 0 Å². The van der Waals surface area contributed by atoms with Gasteiger partial charge < -0.3 is 0 Å². The van der Waals surface area contributed by atoms with E-state index in [0.29, 0.717) is 5.92 Å². The first-order valence-electron chi connectivity index (χ1n) is 4.69. The zero-order valence-electron chi connectivity index (χ0n) is 9.13. The molecule has 0 aliphatic carbocycles. The number of rotatable bonds is 1. The smallest absolute Gasteiger partial charge is 0.115 e. The predicted octanol–water partition coefficient (Wildman–Crippen LogP) is 2.93. The highest BCUT2D eigenvalue weighted by molar-refractivity contribution is 5.19. The fourth-order valence-electron chi connectivity index (χ4n) is 1.27. The second kappa shape index (κ2) is 3.44. The van der Waals surface area contributed by atoms with Crippen molar-refractivity contribution in [3.8, 4) is 0 Å². The number of hydrogen-bond acceptors (Lipinski definition) is 2. The summed E-state index contributed by atoms with van der Waals surface area (Å²) in [7, 11) is 0. The number of hydrogen-bond donors (Lipinski definition) is 0. The molecular formula is C11H18N2. The fourth-order valence-corrected chi connectivity index (χ4v) is 1.27. The molecule has 0 N–H and O–H groups in total. The molecule has 0 aromatic carbocycles. The highest BCUT2D eigenvalue weighted by Crippen LogP contribution is 2.34. The van der Waals surface area contributed by atoms with Gasteiger partial charge in [0.15, 0.2) is 0 Å². The van der Waals surface area contributed by atoms with Gasteiger partial charge in [-0.2, -0.15) is 0 Å². The molecule has 0 aliphatic rings. The van der Waals surface area contributed by atoms with Crippen molar-refractivity contribution in [3.63, 3.8) is 0 Å². The van der Waals surface area contributed by atoms with Gasteiger partial charge in [-0.05, 0) is 17.9 Å². The Hall–Kier alpha value is -0.920. The molecule has 1 heterocycles. The monoisotopic (exact) mass is 178 g/mol. The molecule has 2 heteroatoms. The van der Waals surface area contributed by atoms with E-state index in [-0.39, 0.29) is 5.41 Å². The average Bonchev–Trinajstić information content (AvgIpc) is 2.02. The summed E-state index contributed by atoms with van der Waals surface area (Å²) in [5, 5.41) is 0. The predicted molar refractivity (Wildman–Crippen MR) is 54.6 cm³/mol. The van der Waals surface area contributed by atoms with E-state index < -0.39 is 0 Å². The Bertz CT molecular complexity index is 286. The van der Waals surface area contributed by atoms with Crippen molar-refractivity contribution >= 4 is 0 Å². The van der Waals surface area contributed by atoms with Crippen molar-refractivity contribution in [2.45, 2.75) is 40.5 Å². The second-order valence-electron chi connectivity index (χ2n) is 4.68. The summed E-state index contributed by atoms with van der Waals surface area (Å²) in [6.07, 6.45) is 3.51. The van der Waals surface area contributed by atoms with Crippen LogP contribution in [0.15, 0.2) is 12.5 Å². The molecule has 1 atom stereocenters. The summed E-state index contributed by atoms with van der Waals surface area (Å²) in [5.74, 6) is 0.468. The molecule has 72 valence electrons. The standard InChI is InChI=1S/C11H18N2/c1-8-6-12-7-13-10(8)9(2)11(3,4)5/h6-7,9H,1-5H3. The summed E-state index contributed by atoms with van der Waals surface area (Å²) >= 11 is 0. The van der Waals surface area contributed by atoms with Gasteiger partial charge in [-0.3, -0.25) is 0 Å².